The third-order valence-corrected chi connectivity index (χ3v) is 32.3. The SMILES string of the molecule is C=CC(C)(O)CC/C=C(/CO)C(=O)O[C@@H]1[C@@H](O)[C@H](C)O[C@@H](OC[C@H]2O[C@@H](OC(=O)[C@]34CCC(C)(C)C=C3[C@H]3CC[C@@H]5[C@@]6(C)CC[C@H](O[C@@H]7O[C@H](CO[C@@H]8OC[C@H](O)[C@H](O)[C@H]8O[C@@H]8OC[C@@H](O)[C@H](O)[C@H]8O)[C@@H](O)[C@H](O)[C@H]7O)C(C)(C)[C@@H]6CC[C@@]5(C)[C@]3(C)CC4)[C@H](O[C@@H]3O[C@@H](C)[C@H](O[C@@H]4OC[C@@H](O)[C@H](O[C@@H]5OC[C@@H](O)[C@H](O)[C@H]5O)[C@H]4O)[C@@H](O)[C@H]3O)[C@@H](O)[C@@H]2O)[C@@H]1OC(=O)/C(C)=C/CCC(C)(O)C=C. The molecule has 0 amide bonds. The van der Waals surface area contributed by atoms with Crippen molar-refractivity contribution in [2.75, 3.05) is 46.2 Å². The van der Waals surface area contributed by atoms with Gasteiger partial charge in [0.1, 0.15) is 140 Å². The monoisotopic (exact) mass is 1950 g/mol. The smallest absolute Gasteiger partial charge is 0.336 e. The van der Waals surface area contributed by atoms with Crippen molar-refractivity contribution in [3.63, 3.8) is 0 Å². The Morgan fingerprint density at radius 2 is 0.919 bits per heavy atom. The predicted molar refractivity (Wildman–Crippen MR) is 463 cm³/mol. The molecular formula is C94H148O42. The van der Waals surface area contributed by atoms with Crippen LogP contribution in [0.4, 0.5) is 0 Å². The highest BCUT2D eigenvalue weighted by Gasteiger charge is 2.72. The third kappa shape index (κ3) is 22.0. The fraction of sp³-hybridized carbons (Fsp3) is 0.862. The van der Waals surface area contributed by atoms with E-state index in [1.165, 1.54) is 58.9 Å². The van der Waals surface area contributed by atoms with Crippen LogP contribution in [0, 0.1) is 50.2 Å². The maximum Gasteiger partial charge on any atom is 0.336 e. The molecule has 42 heteroatoms. The van der Waals surface area contributed by atoms with Gasteiger partial charge >= 0.3 is 17.9 Å². The molecule has 13 rings (SSSR count). The lowest BCUT2D eigenvalue weighted by Crippen LogP contribution is -2.67. The molecule has 0 spiro atoms. The number of carbonyl (C=O) groups is 3. The van der Waals surface area contributed by atoms with Crippen LogP contribution in [0.2, 0.25) is 0 Å². The van der Waals surface area contributed by atoms with Gasteiger partial charge in [-0.25, -0.2) is 9.59 Å². The molecule has 42 nitrogen and oxygen atoms in total. The van der Waals surface area contributed by atoms with Crippen LogP contribution >= 0.6 is 0 Å². The Bertz CT molecular complexity index is 4150. The van der Waals surface area contributed by atoms with Gasteiger partial charge in [-0.3, -0.25) is 4.79 Å². The van der Waals surface area contributed by atoms with E-state index in [0.717, 1.165) is 12.0 Å². The number of hydrogen-bond acceptors (Lipinski definition) is 42. The van der Waals surface area contributed by atoms with Crippen LogP contribution in [0.1, 0.15) is 173 Å². The summed E-state index contributed by atoms with van der Waals surface area (Å²) in [6, 6.07) is 0. The van der Waals surface area contributed by atoms with Gasteiger partial charge in [-0.1, -0.05) is 84.4 Å². The lowest BCUT2D eigenvalue weighted by molar-refractivity contribution is -0.381. The minimum Gasteiger partial charge on any atom is -0.452 e. The lowest BCUT2D eigenvalue weighted by atomic mass is 9.32. The highest BCUT2D eigenvalue weighted by atomic mass is 16.8. The number of aliphatic hydroxyl groups is 21. The fourth-order valence-electron chi connectivity index (χ4n) is 23.4. The number of allylic oxidation sites excluding steroid dienone is 3. The lowest BCUT2D eigenvalue weighted by Gasteiger charge is -2.72. The van der Waals surface area contributed by atoms with Crippen LogP contribution in [-0.2, 0) is 99.6 Å². The topological polar surface area (TPSA) is 642 Å². The average molecular weight is 1950 g/mol. The van der Waals surface area contributed by atoms with Gasteiger partial charge in [-0.05, 0) is 169 Å². The molecule has 8 aliphatic heterocycles. The first-order chi connectivity index (χ1) is 63.7. The Hall–Kier alpha value is -4.33. The van der Waals surface area contributed by atoms with Crippen LogP contribution in [-0.4, -0.2) is 410 Å². The highest BCUT2D eigenvalue weighted by Crippen LogP contribution is 2.77. The fourth-order valence-corrected chi connectivity index (χ4v) is 23.4. The number of fused-ring (bicyclic) bond motifs is 7. The van der Waals surface area contributed by atoms with Gasteiger partial charge in [-0.2, -0.15) is 0 Å². The first-order valence-electron chi connectivity index (χ1n) is 47.6. The summed E-state index contributed by atoms with van der Waals surface area (Å²) in [5.41, 5.74) is -5.99. The Morgan fingerprint density at radius 3 is 1.53 bits per heavy atom. The van der Waals surface area contributed by atoms with Gasteiger partial charge in [0.25, 0.3) is 0 Å². The zero-order valence-electron chi connectivity index (χ0n) is 79.2. The molecule has 0 bridgehead atoms. The average Bonchev–Trinajstić information content (AvgIpc) is 0.672. The number of hydrogen-bond donors (Lipinski definition) is 21. The normalized spacial score (nSPS) is 48.0. The second-order valence-corrected chi connectivity index (χ2v) is 42.4. The zero-order valence-corrected chi connectivity index (χ0v) is 79.2. The van der Waals surface area contributed by atoms with Crippen LogP contribution in [0.3, 0.4) is 0 Å². The molecule has 8 heterocycles. The molecule has 46 atom stereocenters. The number of carbonyl (C=O) groups excluding carboxylic acids is 3. The van der Waals surface area contributed by atoms with Crippen molar-refractivity contribution >= 4 is 17.9 Å². The first-order valence-corrected chi connectivity index (χ1v) is 47.6. The second-order valence-electron chi connectivity index (χ2n) is 42.4. The van der Waals surface area contributed by atoms with Crippen molar-refractivity contribution < 1.29 is 207 Å². The molecule has 12 fully saturated rings. The van der Waals surface area contributed by atoms with Gasteiger partial charge in [0.15, 0.2) is 62.3 Å². The molecule has 13 aliphatic rings. The number of aliphatic hydroxyl groups excluding tert-OH is 19. The summed E-state index contributed by atoms with van der Waals surface area (Å²) in [4.78, 5) is 45.0. The van der Waals surface area contributed by atoms with E-state index < -0.39 is 330 Å². The van der Waals surface area contributed by atoms with E-state index >= 15 is 4.79 Å². The number of rotatable bonds is 31. The maximum absolute atomic E-state index is 16.5. The molecular weight excluding hydrogens is 1800 g/mol. The van der Waals surface area contributed by atoms with Gasteiger partial charge in [0.2, 0.25) is 6.29 Å². The Labute approximate surface area is 789 Å². The molecule has 0 radical (unpaired) electrons. The van der Waals surface area contributed by atoms with E-state index in [0.29, 0.717) is 44.9 Å². The molecule has 4 saturated carbocycles. The second kappa shape index (κ2) is 43.1. The van der Waals surface area contributed by atoms with Crippen molar-refractivity contribution in [1.82, 2.24) is 0 Å². The zero-order chi connectivity index (χ0) is 99.7. The van der Waals surface area contributed by atoms with Gasteiger partial charge in [0.05, 0.1) is 86.8 Å². The van der Waals surface area contributed by atoms with Crippen molar-refractivity contribution in [2.45, 2.75) is 412 Å². The predicted octanol–water partition coefficient (Wildman–Crippen LogP) is -2.73. The minimum absolute atomic E-state index is 0.00788. The summed E-state index contributed by atoms with van der Waals surface area (Å²) in [6.45, 7) is 25.6. The summed E-state index contributed by atoms with van der Waals surface area (Å²) in [5, 5.41) is 234. The van der Waals surface area contributed by atoms with Crippen molar-refractivity contribution in [3.8, 4) is 0 Å². The Morgan fingerprint density at radius 1 is 0.434 bits per heavy atom. The van der Waals surface area contributed by atoms with E-state index in [1.54, 1.807) is 0 Å². The summed E-state index contributed by atoms with van der Waals surface area (Å²) in [5.74, 6) is -3.22. The molecule has 0 aromatic rings. The Kier molecular flexibility index (Phi) is 34.6. The van der Waals surface area contributed by atoms with Crippen LogP contribution in [0.5, 0.6) is 0 Å². The van der Waals surface area contributed by atoms with E-state index in [9.17, 15) is 117 Å². The van der Waals surface area contributed by atoms with Crippen molar-refractivity contribution in [2.24, 2.45) is 50.2 Å². The van der Waals surface area contributed by atoms with E-state index in [1.807, 2.05) is 0 Å². The highest BCUT2D eigenvalue weighted by molar-refractivity contribution is 5.89. The van der Waals surface area contributed by atoms with Crippen molar-refractivity contribution in [3.05, 3.63) is 60.3 Å². The molecule has 0 aromatic carbocycles. The summed E-state index contributed by atoms with van der Waals surface area (Å²) in [6.07, 6.45) is -50.2. The van der Waals surface area contributed by atoms with Crippen LogP contribution < -0.4 is 0 Å². The molecule has 8 saturated heterocycles. The minimum atomic E-state index is -2.21. The molecule has 136 heavy (non-hydrogen) atoms. The Balaban J connectivity index is 0.751. The van der Waals surface area contributed by atoms with Gasteiger partial charge in [0, 0.05) is 5.57 Å². The van der Waals surface area contributed by atoms with E-state index in [2.05, 4.69) is 67.7 Å². The quantitative estimate of drug-likeness (QED) is 0.0110. The standard InChI is InChI=1S/C94H148O42/c1-15-89(10,117)25-17-19-41(3)76(114)131-75-72(130-77(115)44(34-95)20-18-26-90(11,118)16-2)56(100)42(4)125-84(75)124-40-52-61(105)63(107)74(135-81-68(112)64(108)70(43(5)126-81)132-80-69(113)71(50(99)38-121-80)133-78-65(109)57(101)47(96)35-119-78)85(128-52)136-86(116)94-31-29-87(6,7)33-46(94)45-21-22-54-91(12)27-24-55(88(8,9)53(91)23-28-93(54,14)92(45,13)30-32-94)129-82-67(111)62(106)60(104)51(127-82)39-123-83-73(59(103)49(98)37-122-83)134-79-66(110)58(102)48(97)36-120-79/h15-16,19-20,33,42-43,45,47-75,78-85,95-113,117-118H,1-2,17-18,21-32,34-40H2,3-14H3/b41-19+,44-20-/t42-,43-,45+,47+,48+,49-,50+,51+,52+,53-,54+,55-,56-,57-,58-,59-,60+,61+,62-,63-,64-,65+,66+,67+,68+,69+,70-,71-,72+,73+,74+,75+,78-,79-,80-,81-,82-,83-,84+,85-,89?,90?,91-,92+,93+,94-/m0/s1. The largest absolute Gasteiger partial charge is 0.452 e. The van der Waals surface area contributed by atoms with Crippen LogP contribution in [0.25, 0.3) is 0 Å². The number of esters is 3. The summed E-state index contributed by atoms with van der Waals surface area (Å²) >= 11 is 0. The van der Waals surface area contributed by atoms with E-state index in [-0.39, 0.29) is 72.8 Å². The maximum atomic E-state index is 16.5. The summed E-state index contributed by atoms with van der Waals surface area (Å²) < 4.78 is 109. The molecule has 2 unspecified atom stereocenters. The van der Waals surface area contributed by atoms with Crippen LogP contribution in [0.15, 0.2) is 60.3 Å². The molecule has 21 N–H and O–H groups in total. The number of ether oxygens (including phenoxy) is 18. The van der Waals surface area contributed by atoms with Gasteiger partial charge in [-0.15, -0.1) is 13.2 Å². The molecule has 5 aliphatic carbocycles. The molecule has 776 valence electrons. The first kappa shape index (κ1) is 109. The van der Waals surface area contributed by atoms with Gasteiger partial charge < -0.3 is 193 Å². The molecule has 0 aromatic heterocycles. The van der Waals surface area contributed by atoms with Crippen molar-refractivity contribution in [1.29, 1.82) is 0 Å². The van der Waals surface area contributed by atoms with E-state index in [4.69, 9.17) is 85.3 Å². The summed E-state index contributed by atoms with van der Waals surface area (Å²) in [7, 11) is 0. The third-order valence-electron chi connectivity index (χ3n) is 32.3.